The second-order valence-electron chi connectivity index (χ2n) is 2.28. The van der Waals surface area contributed by atoms with Gasteiger partial charge in [-0.05, 0) is 6.07 Å². The maximum atomic E-state index is 10.4. The number of nitrogens with zero attached hydrogens (tertiary/aromatic N) is 1. The van der Waals surface area contributed by atoms with Gasteiger partial charge < -0.3 is 5.32 Å². The third-order valence-electron chi connectivity index (χ3n) is 1.53. The third-order valence-corrected chi connectivity index (χ3v) is 1.53. The van der Waals surface area contributed by atoms with E-state index < -0.39 is 0 Å². The molecule has 0 saturated heterocycles. The van der Waals surface area contributed by atoms with Crippen LogP contribution in [0.4, 0.5) is 5.82 Å². The van der Waals surface area contributed by atoms with Crippen molar-refractivity contribution in [2.24, 2.45) is 0 Å². The summed E-state index contributed by atoms with van der Waals surface area (Å²) in [6, 6.07) is 1.73. The monoisotopic (exact) mass is 162 g/mol. The quantitative estimate of drug-likeness (QED) is 0.686. The molecule has 1 rings (SSSR count). The van der Waals surface area contributed by atoms with Crippen LogP contribution >= 0.6 is 0 Å². The lowest BCUT2D eigenvalue weighted by Crippen LogP contribution is -1.96. The zero-order chi connectivity index (χ0) is 8.97. The number of pyridine rings is 1. The molecule has 0 fully saturated rings. The minimum absolute atomic E-state index is 0.559. The van der Waals surface area contributed by atoms with Crippen molar-refractivity contribution in [2.75, 3.05) is 12.4 Å². The van der Waals surface area contributed by atoms with Crippen LogP contribution in [-0.4, -0.2) is 18.3 Å². The lowest BCUT2D eigenvalue weighted by Gasteiger charge is -2.03. The molecule has 12 heavy (non-hydrogen) atoms. The Bertz CT molecular complexity index is 307. The van der Waals surface area contributed by atoms with E-state index in [0.717, 1.165) is 17.7 Å². The predicted molar refractivity (Wildman–Crippen MR) is 49.3 cm³/mol. The standard InChI is InChI=1S/C9H10N2O/c1-3-8-4-7(6-12)5-11-9(8)10-2/h3-6H,1H2,2H3,(H,10,11). The highest BCUT2D eigenvalue weighted by atomic mass is 16.1. The fourth-order valence-corrected chi connectivity index (χ4v) is 0.928. The number of hydrogen-bond donors (Lipinski definition) is 1. The summed E-state index contributed by atoms with van der Waals surface area (Å²) in [5.74, 6) is 0.732. The molecule has 0 unspecified atom stereocenters. The van der Waals surface area contributed by atoms with Gasteiger partial charge in [-0.3, -0.25) is 4.79 Å². The molecule has 1 N–H and O–H groups in total. The first-order valence-corrected chi connectivity index (χ1v) is 3.57. The number of nitrogens with one attached hydrogen (secondary N) is 1. The van der Waals surface area contributed by atoms with Gasteiger partial charge in [0.2, 0.25) is 0 Å². The largest absolute Gasteiger partial charge is 0.373 e. The van der Waals surface area contributed by atoms with Gasteiger partial charge in [-0.1, -0.05) is 12.7 Å². The van der Waals surface area contributed by atoms with Gasteiger partial charge in [0.1, 0.15) is 5.82 Å². The van der Waals surface area contributed by atoms with Crippen LogP contribution in [0.1, 0.15) is 15.9 Å². The summed E-state index contributed by atoms with van der Waals surface area (Å²) < 4.78 is 0. The topological polar surface area (TPSA) is 42.0 Å². The highest BCUT2D eigenvalue weighted by molar-refractivity contribution is 5.77. The van der Waals surface area contributed by atoms with Gasteiger partial charge in [-0.15, -0.1) is 0 Å². The van der Waals surface area contributed by atoms with Crippen molar-refractivity contribution in [3.8, 4) is 0 Å². The first kappa shape index (κ1) is 8.46. The number of anilines is 1. The van der Waals surface area contributed by atoms with Crippen LogP contribution in [0.3, 0.4) is 0 Å². The molecule has 0 aromatic carbocycles. The van der Waals surface area contributed by atoms with Gasteiger partial charge >= 0.3 is 0 Å². The summed E-state index contributed by atoms with van der Waals surface area (Å²) in [6.07, 6.45) is 3.94. The zero-order valence-electron chi connectivity index (χ0n) is 6.87. The van der Waals surface area contributed by atoms with E-state index in [9.17, 15) is 4.79 Å². The lowest BCUT2D eigenvalue weighted by atomic mass is 10.2. The van der Waals surface area contributed by atoms with E-state index in [-0.39, 0.29) is 0 Å². The van der Waals surface area contributed by atoms with E-state index in [0.29, 0.717) is 5.56 Å². The molecule has 1 aromatic rings. The van der Waals surface area contributed by atoms with Crippen molar-refractivity contribution >= 4 is 18.2 Å². The second-order valence-corrected chi connectivity index (χ2v) is 2.28. The number of aldehydes is 1. The Morgan fingerprint density at radius 2 is 2.42 bits per heavy atom. The average Bonchev–Trinajstić information content (AvgIpc) is 2.16. The minimum atomic E-state index is 0.559. The molecule has 0 saturated carbocycles. The van der Waals surface area contributed by atoms with Gasteiger partial charge in [0, 0.05) is 24.4 Å². The van der Waals surface area contributed by atoms with Crippen molar-refractivity contribution < 1.29 is 4.79 Å². The molecule has 1 aromatic heterocycles. The maximum absolute atomic E-state index is 10.4. The Balaban J connectivity index is 3.18. The van der Waals surface area contributed by atoms with Crippen molar-refractivity contribution in [1.29, 1.82) is 0 Å². The smallest absolute Gasteiger partial charge is 0.151 e. The fraction of sp³-hybridized carbons (Fsp3) is 0.111. The zero-order valence-corrected chi connectivity index (χ0v) is 6.87. The summed E-state index contributed by atoms with van der Waals surface area (Å²) in [5, 5.41) is 2.90. The molecule has 0 amide bonds. The third kappa shape index (κ3) is 1.50. The molecular formula is C9H10N2O. The molecule has 0 aliphatic heterocycles. The van der Waals surface area contributed by atoms with Crippen LogP contribution in [0.25, 0.3) is 6.08 Å². The van der Waals surface area contributed by atoms with Crippen molar-refractivity contribution in [1.82, 2.24) is 4.98 Å². The molecule has 0 atom stereocenters. The van der Waals surface area contributed by atoms with Crippen LogP contribution in [0.15, 0.2) is 18.8 Å². The van der Waals surface area contributed by atoms with Crippen LogP contribution in [0.2, 0.25) is 0 Å². The SMILES string of the molecule is C=Cc1cc(C=O)cnc1NC. The number of hydrogen-bond acceptors (Lipinski definition) is 3. The van der Waals surface area contributed by atoms with Crippen LogP contribution in [-0.2, 0) is 0 Å². The molecule has 0 bridgehead atoms. The number of carbonyl (C=O) groups excluding carboxylic acids is 1. The molecule has 0 aliphatic carbocycles. The number of carbonyl (C=O) groups is 1. The molecule has 0 aliphatic rings. The first-order valence-electron chi connectivity index (χ1n) is 3.57. The summed E-state index contributed by atoms with van der Waals surface area (Å²) in [4.78, 5) is 14.4. The highest BCUT2D eigenvalue weighted by Crippen LogP contribution is 2.13. The number of rotatable bonds is 3. The Kier molecular flexibility index (Phi) is 2.58. The summed E-state index contributed by atoms with van der Waals surface area (Å²) in [7, 11) is 1.77. The van der Waals surface area contributed by atoms with Gasteiger partial charge in [-0.25, -0.2) is 4.98 Å². The molecule has 3 heteroatoms. The average molecular weight is 162 g/mol. The van der Waals surface area contributed by atoms with Gasteiger partial charge in [0.15, 0.2) is 6.29 Å². The molecule has 62 valence electrons. The molecule has 3 nitrogen and oxygen atoms in total. The van der Waals surface area contributed by atoms with Crippen LogP contribution in [0, 0.1) is 0 Å². The summed E-state index contributed by atoms with van der Waals surface area (Å²) >= 11 is 0. The summed E-state index contributed by atoms with van der Waals surface area (Å²) in [6.45, 7) is 3.62. The first-order chi connectivity index (χ1) is 5.81. The van der Waals surface area contributed by atoms with Crippen LogP contribution < -0.4 is 5.32 Å². The van der Waals surface area contributed by atoms with E-state index in [1.165, 1.54) is 6.20 Å². The maximum Gasteiger partial charge on any atom is 0.151 e. The predicted octanol–water partition coefficient (Wildman–Crippen LogP) is 1.58. The highest BCUT2D eigenvalue weighted by Gasteiger charge is 1.99. The van der Waals surface area contributed by atoms with Gasteiger partial charge in [-0.2, -0.15) is 0 Å². The second kappa shape index (κ2) is 3.67. The molecular weight excluding hydrogens is 152 g/mol. The number of aromatic nitrogens is 1. The van der Waals surface area contributed by atoms with Crippen molar-refractivity contribution in [2.45, 2.75) is 0 Å². The molecule has 0 spiro atoms. The Labute approximate surface area is 71.1 Å². The van der Waals surface area contributed by atoms with E-state index in [2.05, 4.69) is 16.9 Å². The van der Waals surface area contributed by atoms with Gasteiger partial charge in [0.25, 0.3) is 0 Å². The Hall–Kier alpha value is -1.64. The fourth-order valence-electron chi connectivity index (χ4n) is 0.928. The minimum Gasteiger partial charge on any atom is -0.373 e. The van der Waals surface area contributed by atoms with E-state index >= 15 is 0 Å². The van der Waals surface area contributed by atoms with E-state index in [4.69, 9.17) is 0 Å². The van der Waals surface area contributed by atoms with E-state index in [1.807, 2.05) is 0 Å². The Morgan fingerprint density at radius 1 is 1.67 bits per heavy atom. The van der Waals surface area contributed by atoms with Crippen LogP contribution in [0.5, 0.6) is 0 Å². The lowest BCUT2D eigenvalue weighted by molar-refractivity contribution is 0.112. The van der Waals surface area contributed by atoms with E-state index in [1.54, 1.807) is 19.2 Å². The molecule has 0 radical (unpaired) electrons. The Morgan fingerprint density at radius 3 is 2.92 bits per heavy atom. The molecule has 1 heterocycles. The van der Waals surface area contributed by atoms with Crippen molar-refractivity contribution in [3.63, 3.8) is 0 Å². The van der Waals surface area contributed by atoms with Gasteiger partial charge in [0.05, 0.1) is 0 Å². The summed E-state index contributed by atoms with van der Waals surface area (Å²) in [5.41, 5.74) is 1.39. The van der Waals surface area contributed by atoms with Crippen molar-refractivity contribution in [3.05, 3.63) is 30.0 Å². The normalized spacial score (nSPS) is 9.08.